The number of ether oxygens (including phenoxy) is 1. The maximum absolute atomic E-state index is 13.0. The van der Waals surface area contributed by atoms with Gasteiger partial charge < -0.3 is 10.5 Å². The third kappa shape index (κ3) is 3.47. The third-order valence-electron chi connectivity index (χ3n) is 2.90. The van der Waals surface area contributed by atoms with E-state index < -0.39 is 24.5 Å². The fourth-order valence-corrected chi connectivity index (χ4v) is 1.91. The van der Waals surface area contributed by atoms with E-state index in [1.807, 2.05) is 0 Å². The Morgan fingerprint density at radius 3 is 2.42 bits per heavy atom. The van der Waals surface area contributed by atoms with Gasteiger partial charge >= 0.3 is 6.18 Å². The van der Waals surface area contributed by atoms with E-state index in [2.05, 4.69) is 24.7 Å². The molecule has 6 nitrogen and oxygen atoms in total. The van der Waals surface area contributed by atoms with Gasteiger partial charge in [-0.3, -0.25) is 0 Å². The summed E-state index contributed by atoms with van der Waals surface area (Å²) in [7, 11) is 0. The van der Waals surface area contributed by atoms with E-state index in [4.69, 9.17) is 5.73 Å². The summed E-state index contributed by atoms with van der Waals surface area (Å²) in [6.07, 6.45) is -3.20. The third-order valence-corrected chi connectivity index (χ3v) is 2.90. The van der Waals surface area contributed by atoms with E-state index in [1.54, 1.807) is 0 Å². The number of anilines is 1. The van der Waals surface area contributed by atoms with Crippen LogP contribution in [0.4, 0.5) is 23.5 Å². The van der Waals surface area contributed by atoms with Crippen molar-refractivity contribution in [1.29, 1.82) is 0 Å². The molecule has 0 radical (unpaired) electrons. The van der Waals surface area contributed by atoms with Gasteiger partial charge in [-0.1, -0.05) is 0 Å². The van der Waals surface area contributed by atoms with Gasteiger partial charge in [-0.15, -0.1) is 0 Å². The zero-order chi connectivity index (χ0) is 17.3. The molecule has 0 aliphatic carbocycles. The molecule has 2 aromatic heterocycles. The molecule has 0 saturated heterocycles. The second kappa shape index (κ2) is 5.87. The van der Waals surface area contributed by atoms with Gasteiger partial charge in [-0.25, -0.2) is 14.4 Å². The van der Waals surface area contributed by atoms with E-state index in [9.17, 15) is 17.6 Å². The van der Waals surface area contributed by atoms with Gasteiger partial charge in [0, 0.05) is 5.56 Å². The molecule has 0 saturated carbocycles. The number of rotatable bonds is 3. The van der Waals surface area contributed by atoms with Crippen LogP contribution >= 0.6 is 0 Å². The zero-order valence-electron chi connectivity index (χ0n) is 11.9. The summed E-state index contributed by atoms with van der Waals surface area (Å²) in [5.74, 6) is -1.15. The number of hydrogen-bond donors (Lipinski definition) is 1. The Hall–Kier alpha value is -3.04. The van der Waals surface area contributed by atoms with Crippen LogP contribution in [0.2, 0.25) is 0 Å². The smallest absolute Gasteiger partial charge is 0.422 e. The molecule has 10 heteroatoms. The zero-order valence-corrected chi connectivity index (χ0v) is 11.9. The lowest BCUT2D eigenvalue weighted by molar-refractivity contribution is -0.153. The molecule has 0 unspecified atom stereocenters. The maximum atomic E-state index is 13.0. The number of nitrogens with zero attached hydrogens (tertiary/aromatic N) is 4. The largest absolute Gasteiger partial charge is 0.466 e. The number of aromatic nitrogens is 4. The number of halogens is 4. The van der Waals surface area contributed by atoms with Crippen LogP contribution in [-0.4, -0.2) is 32.7 Å². The van der Waals surface area contributed by atoms with E-state index in [1.165, 1.54) is 30.5 Å². The molecule has 0 aliphatic heterocycles. The van der Waals surface area contributed by atoms with Crippen molar-refractivity contribution in [3.63, 3.8) is 0 Å². The van der Waals surface area contributed by atoms with E-state index in [0.717, 1.165) is 0 Å². The highest BCUT2D eigenvalue weighted by molar-refractivity contribution is 5.79. The number of alkyl halides is 3. The molecular formula is C14H9F4N5O. The molecule has 0 bridgehead atoms. The molecule has 0 spiro atoms. The number of nitrogens with two attached hydrogens (primary N) is 1. The summed E-state index contributed by atoms with van der Waals surface area (Å²) < 4.78 is 54.7. The fraction of sp³-hybridized carbons (Fsp3) is 0.143. The molecule has 0 aliphatic rings. The standard InChI is InChI=1S/C14H9F4N5O/c15-8-3-1-7(2-4-8)9-5-20-11-10(21-9)12(23-13(19)22-11)24-6-14(16,17)18/h1-5H,6H2,(H2,19,20,22,23). The van der Waals surface area contributed by atoms with E-state index in [-0.39, 0.29) is 17.1 Å². The monoisotopic (exact) mass is 339 g/mol. The predicted molar refractivity (Wildman–Crippen MR) is 76.5 cm³/mol. The van der Waals surface area contributed by atoms with Gasteiger partial charge in [0.05, 0.1) is 11.9 Å². The van der Waals surface area contributed by atoms with Crippen molar-refractivity contribution in [2.45, 2.75) is 6.18 Å². The molecule has 24 heavy (non-hydrogen) atoms. The molecule has 124 valence electrons. The molecule has 0 atom stereocenters. The minimum Gasteiger partial charge on any atom is -0.466 e. The number of fused-ring (bicyclic) bond motifs is 1. The minimum absolute atomic E-state index is 0.00876. The van der Waals surface area contributed by atoms with Gasteiger partial charge in [0.2, 0.25) is 11.8 Å². The van der Waals surface area contributed by atoms with Crippen molar-refractivity contribution in [2.75, 3.05) is 12.3 Å². The quantitative estimate of drug-likeness (QED) is 0.739. The molecule has 2 heterocycles. The van der Waals surface area contributed by atoms with Crippen LogP contribution in [-0.2, 0) is 0 Å². The topological polar surface area (TPSA) is 86.8 Å². The van der Waals surface area contributed by atoms with E-state index in [0.29, 0.717) is 11.3 Å². The average molecular weight is 339 g/mol. The lowest BCUT2D eigenvalue weighted by atomic mass is 10.1. The highest BCUT2D eigenvalue weighted by Gasteiger charge is 2.29. The molecule has 1 aromatic carbocycles. The fourth-order valence-electron chi connectivity index (χ4n) is 1.91. The summed E-state index contributed by atoms with van der Waals surface area (Å²) in [5.41, 5.74) is 6.17. The maximum Gasteiger partial charge on any atom is 0.422 e. The van der Waals surface area contributed by atoms with Crippen molar-refractivity contribution in [1.82, 2.24) is 19.9 Å². The Kier molecular flexibility index (Phi) is 3.87. The highest BCUT2D eigenvalue weighted by Crippen LogP contribution is 2.26. The SMILES string of the molecule is Nc1nc(OCC(F)(F)F)c2nc(-c3ccc(F)cc3)cnc2n1. The Balaban J connectivity index is 2.06. The Morgan fingerprint density at radius 1 is 1.04 bits per heavy atom. The first-order valence-electron chi connectivity index (χ1n) is 6.57. The average Bonchev–Trinajstić information content (AvgIpc) is 2.52. The van der Waals surface area contributed by atoms with Crippen molar-refractivity contribution in [3.8, 4) is 17.1 Å². The summed E-state index contributed by atoms with van der Waals surface area (Å²) in [6.45, 7) is -1.55. The number of nitrogen functional groups attached to an aromatic ring is 1. The van der Waals surface area contributed by atoms with Crippen LogP contribution in [0.3, 0.4) is 0 Å². The van der Waals surface area contributed by atoms with Crippen LogP contribution in [0, 0.1) is 5.82 Å². The number of hydrogen-bond acceptors (Lipinski definition) is 6. The highest BCUT2D eigenvalue weighted by atomic mass is 19.4. The minimum atomic E-state index is -4.55. The normalized spacial score (nSPS) is 11.7. The van der Waals surface area contributed by atoms with Crippen molar-refractivity contribution < 1.29 is 22.3 Å². The van der Waals surface area contributed by atoms with Crippen LogP contribution in [0.1, 0.15) is 0 Å². The lowest BCUT2D eigenvalue weighted by Crippen LogP contribution is -2.20. The molecular weight excluding hydrogens is 330 g/mol. The van der Waals surface area contributed by atoms with E-state index >= 15 is 0 Å². The molecule has 2 N–H and O–H groups in total. The van der Waals surface area contributed by atoms with Crippen LogP contribution in [0.15, 0.2) is 30.5 Å². The molecule has 0 fully saturated rings. The lowest BCUT2D eigenvalue weighted by Gasteiger charge is -2.10. The number of benzene rings is 1. The van der Waals surface area contributed by atoms with Crippen molar-refractivity contribution in [3.05, 3.63) is 36.3 Å². The van der Waals surface area contributed by atoms with Gasteiger partial charge in [0.25, 0.3) is 0 Å². The summed E-state index contributed by atoms with van der Waals surface area (Å²) in [5, 5.41) is 0. The van der Waals surface area contributed by atoms with Gasteiger partial charge in [0.15, 0.2) is 17.8 Å². The second-order valence-corrected chi connectivity index (χ2v) is 4.73. The first-order chi connectivity index (χ1) is 11.3. The second-order valence-electron chi connectivity index (χ2n) is 4.73. The van der Waals surface area contributed by atoms with Gasteiger partial charge in [0.1, 0.15) is 5.82 Å². The van der Waals surface area contributed by atoms with Crippen LogP contribution in [0.25, 0.3) is 22.4 Å². The first kappa shape index (κ1) is 15.8. The Morgan fingerprint density at radius 2 is 1.75 bits per heavy atom. The van der Waals surface area contributed by atoms with Crippen LogP contribution in [0.5, 0.6) is 5.88 Å². The molecule has 3 aromatic rings. The summed E-state index contributed by atoms with van der Waals surface area (Å²) in [6, 6.07) is 5.36. The Bertz CT molecular complexity index is 883. The molecule has 0 amide bonds. The Labute approximate surface area is 132 Å². The van der Waals surface area contributed by atoms with Crippen molar-refractivity contribution in [2.24, 2.45) is 0 Å². The first-order valence-corrected chi connectivity index (χ1v) is 6.57. The van der Waals surface area contributed by atoms with Crippen LogP contribution < -0.4 is 10.5 Å². The van der Waals surface area contributed by atoms with Gasteiger partial charge in [-0.2, -0.15) is 23.1 Å². The van der Waals surface area contributed by atoms with Crippen molar-refractivity contribution >= 4 is 17.1 Å². The molecule has 3 rings (SSSR count). The summed E-state index contributed by atoms with van der Waals surface area (Å²) in [4.78, 5) is 15.6. The summed E-state index contributed by atoms with van der Waals surface area (Å²) >= 11 is 0. The van der Waals surface area contributed by atoms with Gasteiger partial charge in [-0.05, 0) is 24.3 Å². The predicted octanol–water partition coefficient (Wildman–Crippen LogP) is 2.75.